The van der Waals surface area contributed by atoms with Gasteiger partial charge in [0.05, 0.1) is 18.4 Å². The number of ether oxygens (including phenoxy) is 2. The predicted molar refractivity (Wildman–Crippen MR) is 132 cm³/mol. The van der Waals surface area contributed by atoms with Gasteiger partial charge in [-0.1, -0.05) is 12.1 Å². The molecule has 0 aromatic carbocycles. The van der Waals surface area contributed by atoms with Crippen LogP contribution in [0, 0.1) is 5.92 Å². The standard InChI is InChI=1S/C27H34F3N3O4/c1-2-33-23(4-3-5-26(33)35)24(34)16-19-6-8-21(36-17-19)11-14-32-13-10-20-7-9-25(31-22(20)12-15-32)37-18-27(28,29)30/h3-5,7,9,19,21H,2,6,8,10-18H2,1H3/t19-,21-/m1/s1. The molecule has 0 aliphatic carbocycles. The summed E-state index contributed by atoms with van der Waals surface area (Å²) >= 11 is 0. The molecule has 2 atom stereocenters. The van der Waals surface area contributed by atoms with Crippen LogP contribution in [-0.2, 0) is 24.1 Å². The molecule has 1 saturated heterocycles. The number of pyridine rings is 2. The summed E-state index contributed by atoms with van der Waals surface area (Å²) in [4.78, 5) is 31.5. The third-order valence-corrected chi connectivity index (χ3v) is 7.15. The lowest BCUT2D eigenvalue weighted by molar-refractivity contribution is -0.154. The summed E-state index contributed by atoms with van der Waals surface area (Å²) in [7, 11) is 0. The minimum Gasteiger partial charge on any atom is -0.468 e. The molecule has 10 heteroatoms. The molecule has 0 bridgehead atoms. The van der Waals surface area contributed by atoms with E-state index in [1.54, 1.807) is 12.1 Å². The van der Waals surface area contributed by atoms with Gasteiger partial charge in [-0.15, -0.1) is 0 Å². The number of ketones is 1. The molecule has 0 radical (unpaired) electrons. The fourth-order valence-electron chi connectivity index (χ4n) is 5.10. The van der Waals surface area contributed by atoms with Crippen molar-refractivity contribution < 1.29 is 27.4 Å². The summed E-state index contributed by atoms with van der Waals surface area (Å²) in [5.74, 6) is 0.145. The van der Waals surface area contributed by atoms with E-state index in [0.29, 0.717) is 31.7 Å². The largest absolute Gasteiger partial charge is 0.468 e. The number of nitrogens with zero attached hydrogens (tertiary/aromatic N) is 3. The van der Waals surface area contributed by atoms with E-state index in [4.69, 9.17) is 9.47 Å². The fourth-order valence-corrected chi connectivity index (χ4v) is 5.10. The zero-order valence-corrected chi connectivity index (χ0v) is 21.1. The highest BCUT2D eigenvalue weighted by Gasteiger charge is 2.29. The van der Waals surface area contributed by atoms with E-state index in [1.807, 2.05) is 13.0 Å². The Labute approximate surface area is 214 Å². The van der Waals surface area contributed by atoms with Gasteiger partial charge in [-0.25, -0.2) is 4.98 Å². The van der Waals surface area contributed by atoms with Crippen LogP contribution in [-0.4, -0.2) is 65.4 Å². The first-order valence-corrected chi connectivity index (χ1v) is 13.0. The van der Waals surface area contributed by atoms with Gasteiger partial charge in [-0.05, 0) is 50.2 Å². The molecule has 2 aromatic rings. The highest BCUT2D eigenvalue weighted by atomic mass is 19.4. The summed E-state index contributed by atoms with van der Waals surface area (Å²) in [6.07, 6.45) is 0.280. The summed E-state index contributed by atoms with van der Waals surface area (Å²) in [5, 5.41) is 0. The van der Waals surface area contributed by atoms with E-state index in [2.05, 4.69) is 9.88 Å². The number of alkyl halides is 3. The topological polar surface area (TPSA) is 73.7 Å². The third-order valence-electron chi connectivity index (χ3n) is 7.15. The molecule has 1 fully saturated rings. The minimum atomic E-state index is -4.39. The first kappa shape index (κ1) is 27.3. The maximum absolute atomic E-state index is 12.8. The number of carbonyl (C=O) groups is 1. The fraction of sp³-hybridized carbons (Fsp3) is 0.593. The number of hydrogen-bond donors (Lipinski definition) is 0. The van der Waals surface area contributed by atoms with E-state index in [0.717, 1.165) is 56.6 Å². The number of rotatable bonds is 9. The number of halogens is 3. The van der Waals surface area contributed by atoms with Crippen LogP contribution in [0.3, 0.4) is 0 Å². The van der Waals surface area contributed by atoms with Gasteiger partial charge in [0.2, 0.25) is 5.88 Å². The second kappa shape index (κ2) is 12.2. The molecule has 7 nitrogen and oxygen atoms in total. The van der Waals surface area contributed by atoms with Crippen LogP contribution >= 0.6 is 0 Å². The molecule has 0 unspecified atom stereocenters. The second-order valence-corrected chi connectivity index (χ2v) is 9.81. The lowest BCUT2D eigenvalue weighted by Crippen LogP contribution is -2.34. The van der Waals surface area contributed by atoms with Gasteiger partial charge in [0.25, 0.3) is 5.56 Å². The van der Waals surface area contributed by atoms with Crippen LogP contribution in [0.1, 0.15) is 54.4 Å². The smallest absolute Gasteiger partial charge is 0.422 e. The molecular formula is C27H34F3N3O4. The monoisotopic (exact) mass is 521 g/mol. The molecule has 0 N–H and O–H groups in total. The second-order valence-electron chi connectivity index (χ2n) is 9.81. The summed E-state index contributed by atoms with van der Waals surface area (Å²) in [6, 6.07) is 8.14. The Morgan fingerprint density at radius 3 is 2.70 bits per heavy atom. The minimum absolute atomic E-state index is 0.0124. The molecular weight excluding hydrogens is 487 g/mol. The maximum atomic E-state index is 12.8. The van der Waals surface area contributed by atoms with Crippen molar-refractivity contribution in [3.63, 3.8) is 0 Å². The van der Waals surface area contributed by atoms with Crippen LogP contribution < -0.4 is 10.3 Å². The van der Waals surface area contributed by atoms with Crippen LogP contribution in [0.2, 0.25) is 0 Å². The Bertz CT molecular complexity index is 1130. The van der Waals surface area contributed by atoms with Crippen molar-refractivity contribution in [2.24, 2.45) is 5.92 Å². The molecule has 2 aliphatic heterocycles. The Kier molecular flexibility index (Phi) is 9.02. The van der Waals surface area contributed by atoms with Crippen molar-refractivity contribution in [1.82, 2.24) is 14.5 Å². The van der Waals surface area contributed by atoms with Crippen molar-refractivity contribution in [2.45, 2.75) is 64.3 Å². The molecule has 0 spiro atoms. The maximum Gasteiger partial charge on any atom is 0.422 e. The van der Waals surface area contributed by atoms with E-state index < -0.39 is 12.8 Å². The highest BCUT2D eigenvalue weighted by molar-refractivity contribution is 5.94. The predicted octanol–water partition coefficient (Wildman–Crippen LogP) is 4.06. The van der Waals surface area contributed by atoms with Crippen molar-refractivity contribution in [1.29, 1.82) is 0 Å². The lowest BCUT2D eigenvalue weighted by Gasteiger charge is -2.30. The van der Waals surface area contributed by atoms with Gasteiger partial charge in [0.1, 0.15) is 0 Å². The van der Waals surface area contributed by atoms with E-state index >= 15 is 0 Å². The molecule has 4 rings (SSSR count). The van der Waals surface area contributed by atoms with Gasteiger partial charge >= 0.3 is 6.18 Å². The third kappa shape index (κ3) is 7.64. The summed E-state index contributed by atoms with van der Waals surface area (Å²) in [6.45, 7) is 4.03. The van der Waals surface area contributed by atoms with Gasteiger partial charge in [0.15, 0.2) is 12.4 Å². The molecule has 202 valence electrons. The van der Waals surface area contributed by atoms with E-state index in [1.165, 1.54) is 16.7 Å². The van der Waals surface area contributed by atoms with Crippen LogP contribution in [0.5, 0.6) is 5.88 Å². The molecule has 0 saturated carbocycles. The van der Waals surface area contributed by atoms with Crippen LogP contribution in [0.15, 0.2) is 35.1 Å². The molecule has 0 amide bonds. The first-order chi connectivity index (χ1) is 17.7. The molecule has 4 heterocycles. The summed E-state index contributed by atoms with van der Waals surface area (Å²) in [5.41, 5.74) is 2.16. The Hall–Kier alpha value is -2.72. The van der Waals surface area contributed by atoms with Gasteiger partial charge in [-0.3, -0.25) is 9.59 Å². The first-order valence-electron chi connectivity index (χ1n) is 13.0. The summed E-state index contributed by atoms with van der Waals surface area (Å²) < 4.78 is 49.7. The zero-order chi connectivity index (χ0) is 26.4. The van der Waals surface area contributed by atoms with Crippen molar-refractivity contribution in [3.8, 4) is 5.88 Å². The Morgan fingerprint density at radius 1 is 1.16 bits per heavy atom. The number of hydrogen-bond acceptors (Lipinski definition) is 6. The highest BCUT2D eigenvalue weighted by Crippen LogP contribution is 2.26. The molecule has 2 aliphatic rings. The van der Waals surface area contributed by atoms with Crippen molar-refractivity contribution in [2.75, 3.05) is 32.8 Å². The van der Waals surface area contributed by atoms with Gasteiger partial charge in [-0.2, -0.15) is 13.2 Å². The number of fused-ring (bicyclic) bond motifs is 1. The molecule has 37 heavy (non-hydrogen) atoms. The van der Waals surface area contributed by atoms with E-state index in [9.17, 15) is 22.8 Å². The normalized spacial score (nSPS) is 20.8. The van der Waals surface area contributed by atoms with Crippen LogP contribution in [0.4, 0.5) is 13.2 Å². The zero-order valence-electron chi connectivity index (χ0n) is 21.1. The number of aromatic nitrogens is 2. The van der Waals surface area contributed by atoms with Gasteiger partial charge in [0, 0.05) is 56.8 Å². The molecule has 2 aromatic heterocycles. The van der Waals surface area contributed by atoms with Crippen molar-refractivity contribution in [3.05, 3.63) is 57.6 Å². The van der Waals surface area contributed by atoms with Gasteiger partial charge < -0.3 is 18.9 Å². The number of carbonyl (C=O) groups excluding carboxylic acids is 1. The van der Waals surface area contributed by atoms with E-state index in [-0.39, 0.29) is 29.2 Å². The Balaban J connectivity index is 1.20. The average Bonchev–Trinajstić information content (AvgIpc) is 3.08. The Morgan fingerprint density at radius 2 is 1.97 bits per heavy atom. The van der Waals surface area contributed by atoms with Crippen molar-refractivity contribution >= 4 is 5.78 Å². The lowest BCUT2D eigenvalue weighted by atomic mass is 9.91. The number of Topliss-reactive ketones (excluding diaryl/α,β-unsaturated/α-hetero) is 1. The SMILES string of the molecule is CCn1c(C(=O)C[C@H]2CC[C@H](CCN3CCc4ccc(OCC(F)(F)F)nc4CC3)OC2)cccc1=O. The van der Waals surface area contributed by atoms with Crippen LogP contribution in [0.25, 0.3) is 0 Å². The quantitative estimate of drug-likeness (QED) is 0.464. The average molecular weight is 522 g/mol.